The molecular formula is C20H2F12O. The summed E-state index contributed by atoms with van der Waals surface area (Å²) in [6.45, 7) is 0. The van der Waals surface area contributed by atoms with E-state index in [1.54, 1.807) is 0 Å². The van der Waals surface area contributed by atoms with Crippen molar-refractivity contribution >= 4 is 10.8 Å². The van der Waals surface area contributed by atoms with Gasteiger partial charge in [0.25, 0.3) is 0 Å². The third-order valence-corrected chi connectivity index (χ3v) is 4.61. The van der Waals surface area contributed by atoms with Gasteiger partial charge in [0.1, 0.15) is 11.6 Å². The van der Waals surface area contributed by atoms with Crippen LogP contribution in [0, 0.1) is 69.8 Å². The van der Waals surface area contributed by atoms with E-state index in [4.69, 9.17) is 0 Å². The minimum Gasteiger partial charge on any atom is -0.454 e. The van der Waals surface area contributed by atoms with Gasteiger partial charge in [0.2, 0.25) is 0 Å². The van der Waals surface area contributed by atoms with Crippen LogP contribution in [0.2, 0.25) is 0 Å². The number of rotatable bonds is 2. The molecule has 0 aliphatic carbocycles. The summed E-state index contributed by atoms with van der Waals surface area (Å²) in [6, 6.07) is -0.566. The highest BCUT2D eigenvalue weighted by atomic mass is 19.2. The topological polar surface area (TPSA) is 13.1 Å². The highest BCUT2D eigenvalue weighted by molar-refractivity contribution is 6.03. The standard InChI is InChI=1S/C20H2F12O/c21-3-1-5(23)11(25)13(27)7(3)19-9-10(16(30)18(32)17(31)15(9)29)20(33-19)8-4(22)2-6(24)12(26)14(8)28/h1-2H. The molecule has 0 unspecified atom stereocenters. The third kappa shape index (κ3) is 3.05. The first-order chi connectivity index (χ1) is 15.4. The molecule has 1 heterocycles. The van der Waals surface area contributed by atoms with Crippen molar-refractivity contribution in [3.8, 4) is 22.6 Å². The fourth-order valence-corrected chi connectivity index (χ4v) is 3.16. The van der Waals surface area contributed by atoms with Crippen molar-refractivity contribution in [3.63, 3.8) is 0 Å². The Bertz CT molecular complexity index is 1380. The van der Waals surface area contributed by atoms with Crippen LogP contribution in [0.4, 0.5) is 52.7 Å². The summed E-state index contributed by atoms with van der Waals surface area (Å²) in [5.41, 5.74) is -3.62. The van der Waals surface area contributed by atoms with E-state index in [1.807, 2.05) is 0 Å². The minimum atomic E-state index is -2.58. The van der Waals surface area contributed by atoms with Crippen molar-refractivity contribution in [2.45, 2.75) is 0 Å². The molecule has 0 spiro atoms. The molecule has 4 rings (SSSR count). The molecule has 0 saturated carbocycles. The summed E-state index contributed by atoms with van der Waals surface area (Å²) in [7, 11) is 0. The Kier molecular flexibility index (Phi) is 5.10. The second kappa shape index (κ2) is 7.46. The Morgan fingerprint density at radius 2 is 0.697 bits per heavy atom. The van der Waals surface area contributed by atoms with Gasteiger partial charge >= 0.3 is 0 Å². The number of furan rings is 1. The lowest BCUT2D eigenvalue weighted by molar-refractivity contribution is 0.418. The van der Waals surface area contributed by atoms with E-state index in [-0.39, 0.29) is 12.1 Å². The molecule has 0 N–H and O–H groups in total. The number of hydrogen-bond donors (Lipinski definition) is 0. The van der Waals surface area contributed by atoms with E-state index in [1.165, 1.54) is 0 Å². The van der Waals surface area contributed by atoms with Crippen molar-refractivity contribution in [2.24, 2.45) is 0 Å². The molecule has 1 aromatic heterocycles. The third-order valence-electron chi connectivity index (χ3n) is 4.61. The van der Waals surface area contributed by atoms with Crippen molar-refractivity contribution in [1.29, 1.82) is 0 Å². The van der Waals surface area contributed by atoms with Crippen molar-refractivity contribution in [1.82, 2.24) is 0 Å². The molecule has 4 aromatic rings. The molecule has 172 valence electrons. The van der Waals surface area contributed by atoms with Crippen LogP contribution in [-0.4, -0.2) is 0 Å². The summed E-state index contributed by atoms with van der Waals surface area (Å²) >= 11 is 0. The van der Waals surface area contributed by atoms with E-state index in [2.05, 4.69) is 4.42 Å². The highest BCUT2D eigenvalue weighted by Gasteiger charge is 2.35. The van der Waals surface area contributed by atoms with Crippen LogP contribution >= 0.6 is 0 Å². The minimum absolute atomic E-state index is 0.283. The van der Waals surface area contributed by atoms with Crippen molar-refractivity contribution in [3.05, 3.63) is 81.9 Å². The lowest BCUT2D eigenvalue weighted by Gasteiger charge is -2.06. The Balaban J connectivity index is 2.28. The van der Waals surface area contributed by atoms with Crippen LogP contribution < -0.4 is 0 Å². The maximum absolute atomic E-state index is 14.5. The summed E-state index contributed by atoms with van der Waals surface area (Å²) in [5, 5.41) is -3.40. The SMILES string of the molecule is Fc1cc(F)c(-c2oc(-c3c(F)cc(F)c(F)c3F)c3c(F)c(F)c(F)c(F)c23)c(F)c1F. The highest BCUT2D eigenvalue weighted by Crippen LogP contribution is 2.46. The maximum atomic E-state index is 14.5. The predicted octanol–water partition coefficient (Wildman–Crippen LogP) is 7.44. The summed E-state index contributed by atoms with van der Waals surface area (Å²) in [6.07, 6.45) is 0. The van der Waals surface area contributed by atoms with Gasteiger partial charge in [0.05, 0.1) is 21.9 Å². The van der Waals surface area contributed by atoms with Gasteiger partial charge in [-0.2, -0.15) is 0 Å². The molecule has 0 aliphatic rings. The average Bonchev–Trinajstić information content (AvgIpc) is 3.12. The molecule has 0 aliphatic heterocycles. The van der Waals surface area contributed by atoms with E-state index >= 15 is 0 Å². The van der Waals surface area contributed by atoms with Gasteiger partial charge in [0, 0.05) is 12.1 Å². The van der Waals surface area contributed by atoms with Gasteiger partial charge in [-0.15, -0.1) is 0 Å². The van der Waals surface area contributed by atoms with Crippen LogP contribution in [0.25, 0.3) is 33.4 Å². The van der Waals surface area contributed by atoms with Crippen LogP contribution in [0.5, 0.6) is 0 Å². The summed E-state index contributed by atoms with van der Waals surface area (Å²) in [5.74, 6) is -31.2. The second-order valence-electron chi connectivity index (χ2n) is 6.45. The van der Waals surface area contributed by atoms with E-state index in [0.29, 0.717) is 0 Å². The lowest BCUT2D eigenvalue weighted by Crippen LogP contribution is -2.01. The van der Waals surface area contributed by atoms with E-state index < -0.39 is 103 Å². The molecule has 3 aromatic carbocycles. The molecule has 1 nitrogen and oxygen atoms in total. The molecular weight excluding hydrogens is 484 g/mol. The smallest absolute Gasteiger partial charge is 0.198 e. The predicted molar refractivity (Wildman–Crippen MR) is 86.6 cm³/mol. The Morgan fingerprint density at radius 1 is 0.364 bits per heavy atom. The zero-order chi connectivity index (χ0) is 24.5. The second-order valence-corrected chi connectivity index (χ2v) is 6.45. The molecule has 0 saturated heterocycles. The molecule has 0 radical (unpaired) electrons. The fraction of sp³-hybridized carbons (Fsp3) is 0. The van der Waals surface area contributed by atoms with Gasteiger partial charge in [-0.1, -0.05) is 0 Å². The van der Waals surface area contributed by atoms with Gasteiger partial charge < -0.3 is 4.42 Å². The first-order valence-corrected chi connectivity index (χ1v) is 8.33. The summed E-state index contributed by atoms with van der Waals surface area (Å²) < 4.78 is 172. The molecule has 33 heavy (non-hydrogen) atoms. The first-order valence-electron chi connectivity index (χ1n) is 8.33. The zero-order valence-corrected chi connectivity index (χ0v) is 15.1. The normalized spacial score (nSPS) is 11.6. The number of fused-ring (bicyclic) bond motifs is 1. The van der Waals surface area contributed by atoms with Gasteiger partial charge in [-0.05, 0) is 0 Å². The first kappa shape index (κ1) is 22.6. The van der Waals surface area contributed by atoms with Crippen LogP contribution in [0.15, 0.2) is 16.5 Å². The Morgan fingerprint density at radius 3 is 1.03 bits per heavy atom. The van der Waals surface area contributed by atoms with Crippen molar-refractivity contribution in [2.75, 3.05) is 0 Å². The average molecular weight is 486 g/mol. The van der Waals surface area contributed by atoms with Crippen LogP contribution in [0.3, 0.4) is 0 Å². The Hall–Kier alpha value is -3.64. The van der Waals surface area contributed by atoms with Crippen molar-refractivity contribution < 1.29 is 57.1 Å². The van der Waals surface area contributed by atoms with E-state index in [0.717, 1.165) is 0 Å². The number of benzene rings is 3. The quantitative estimate of drug-likeness (QED) is 0.163. The van der Waals surface area contributed by atoms with Crippen LogP contribution in [-0.2, 0) is 0 Å². The molecule has 0 atom stereocenters. The van der Waals surface area contributed by atoms with Gasteiger partial charge in [-0.3, -0.25) is 0 Å². The van der Waals surface area contributed by atoms with E-state index in [9.17, 15) is 52.7 Å². The van der Waals surface area contributed by atoms with Gasteiger partial charge in [-0.25, -0.2) is 52.7 Å². The van der Waals surface area contributed by atoms with Gasteiger partial charge in [0.15, 0.2) is 69.7 Å². The molecule has 0 bridgehead atoms. The molecule has 0 amide bonds. The lowest BCUT2D eigenvalue weighted by atomic mass is 10.0. The molecule has 13 heteroatoms. The maximum Gasteiger partial charge on any atom is 0.198 e. The number of hydrogen-bond acceptors (Lipinski definition) is 1. The Labute approximate surface area is 173 Å². The largest absolute Gasteiger partial charge is 0.454 e. The monoisotopic (exact) mass is 486 g/mol. The summed E-state index contributed by atoms with van der Waals surface area (Å²) in [4.78, 5) is 0. The number of halogens is 12. The zero-order valence-electron chi connectivity index (χ0n) is 15.1. The van der Waals surface area contributed by atoms with Crippen LogP contribution in [0.1, 0.15) is 0 Å². The molecule has 0 fully saturated rings. The fourth-order valence-electron chi connectivity index (χ4n) is 3.16.